The van der Waals surface area contributed by atoms with Crippen molar-refractivity contribution in [2.75, 3.05) is 0 Å². The minimum atomic E-state index is -0.981. The normalized spacial score (nSPS) is 10.7. The van der Waals surface area contributed by atoms with Crippen LogP contribution in [0.5, 0.6) is 0 Å². The van der Waals surface area contributed by atoms with Crippen LogP contribution < -0.4 is 5.56 Å². The highest BCUT2D eigenvalue weighted by Gasteiger charge is 2.12. The smallest absolute Gasteiger partial charge is 0.340 e. The highest BCUT2D eigenvalue weighted by molar-refractivity contribution is 5.89. The molecule has 2 aromatic carbocycles. The molecule has 0 amide bonds. The van der Waals surface area contributed by atoms with E-state index in [9.17, 15) is 18.4 Å². The fourth-order valence-corrected chi connectivity index (χ4v) is 1.98. The minimum Gasteiger partial charge on any atom is -0.439 e. The van der Waals surface area contributed by atoms with Crippen LogP contribution in [-0.4, -0.2) is 21.0 Å². The van der Waals surface area contributed by atoms with Crippen LogP contribution in [0.4, 0.5) is 8.78 Å². The zero-order valence-corrected chi connectivity index (χ0v) is 11.6. The lowest BCUT2D eigenvalue weighted by Crippen LogP contribution is -2.26. The van der Waals surface area contributed by atoms with Crippen molar-refractivity contribution in [2.24, 2.45) is 0 Å². The van der Waals surface area contributed by atoms with E-state index in [0.29, 0.717) is 17.0 Å². The van der Waals surface area contributed by atoms with Gasteiger partial charge in [0.1, 0.15) is 17.2 Å². The van der Waals surface area contributed by atoms with Crippen LogP contribution in [0.15, 0.2) is 47.3 Å². The zero-order chi connectivity index (χ0) is 16.4. The molecule has 3 rings (SSSR count). The first kappa shape index (κ1) is 14.8. The van der Waals surface area contributed by atoms with E-state index in [2.05, 4.69) is 10.3 Å². The summed E-state index contributed by atoms with van der Waals surface area (Å²) in [6.07, 6.45) is 0. The van der Waals surface area contributed by atoms with Crippen LogP contribution in [-0.2, 0) is 11.5 Å². The Morgan fingerprint density at radius 1 is 1.13 bits per heavy atom. The van der Waals surface area contributed by atoms with E-state index in [1.165, 1.54) is 0 Å². The topological polar surface area (TPSA) is 74.1 Å². The van der Waals surface area contributed by atoms with Crippen molar-refractivity contribution in [3.8, 4) is 0 Å². The molecule has 0 aliphatic rings. The number of benzene rings is 2. The Labute approximate surface area is 127 Å². The van der Waals surface area contributed by atoms with Gasteiger partial charge < -0.3 is 4.74 Å². The van der Waals surface area contributed by atoms with Crippen molar-refractivity contribution in [3.05, 3.63) is 70.0 Å². The zero-order valence-electron chi connectivity index (χ0n) is 11.6. The summed E-state index contributed by atoms with van der Waals surface area (Å²) in [4.78, 5) is 23.9. The number of nitrogens with zero attached hydrogens (tertiary/aromatic N) is 3. The van der Waals surface area contributed by atoms with Crippen molar-refractivity contribution >= 4 is 16.9 Å². The maximum Gasteiger partial charge on any atom is 0.340 e. The Bertz CT molecular complexity index is 936. The molecular formula is C15H9F2N3O3. The van der Waals surface area contributed by atoms with Gasteiger partial charge in [0, 0.05) is 6.07 Å². The molecule has 0 saturated carbocycles. The third-order valence-electron chi connectivity index (χ3n) is 3.05. The lowest BCUT2D eigenvalue weighted by Gasteiger charge is -2.07. The fourth-order valence-electron chi connectivity index (χ4n) is 1.98. The summed E-state index contributed by atoms with van der Waals surface area (Å²) in [7, 11) is 0. The van der Waals surface area contributed by atoms with Crippen molar-refractivity contribution in [1.29, 1.82) is 0 Å². The summed E-state index contributed by atoms with van der Waals surface area (Å²) in [5.74, 6) is -2.79. The summed E-state index contributed by atoms with van der Waals surface area (Å²) < 4.78 is 31.8. The van der Waals surface area contributed by atoms with Gasteiger partial charge >= 0.3 is 5.97 Å². The number of fused-ring (bicyclic) bond motifs is 1. The summed E-state index contributed by atoms with van der Waals surface area (Å²) in [6, 6.07) is 8.86. The SMILES string of the molecule is O=C(OCn1nnc2ccccc2c1=O)c1cc(F)cc(F)c1. The van der Waals surface area contributed by atoms with Gasteiger partial charge in [0.2, 0.25) is 0 Å². The summed E-state index contributed by atoms with van der Waals surface area (Å²) >= 11 is 0. The molecule has 0 bridgehead atoms. The average molecular weight is 317 g/mol. The second-order valence-corrected chi connectivity index (χ2v) is 4.63. The first-order valence-corrected chi connectivity index (χ1v) is 6.50. The number of halogens is 2. The number of hydrogen-bond acceptors (Lipinski definition) is 5. The lowest BCUT2D eigenvalue weighted by molar-refractivity contribution is 0.0335. The van der Waals surface area contributed by atoms with Crippen LogP contribution in [0, 0.1) is 11.6 Å². The predicted octanol–water partition coefficient (Wildman–Crippen LogP) is 1.88. The highest BCUT2D eigenvalue weighted by Crippen LogP contribution is 2.09. The van der Waals surface area contributed by atoms with Crippen LogP contribution in [0.1, 0.15) is 10.4 Å². The number of ether oxygens (including phenoxy) is 1. The van der Waals surface area contributed by atoms with E-state index < -0.39 is 29.9 Å². The third kappa shape index (κ3) is 3.05. The number of carbonyl (C=O) groups is 1. The lowest BCUT2D eigenvalue weighted by atomic mass is 10.2. The Balaban J connectivity index is 1.82. The highest BCUT2D eigenvalue weighted by atomic mass is 19.1. The van der Waals surface area contributed by atoms with Gasteiger partial charge in [-0.25, -0.2) is 13.6 Å². The molecule has 0 fully saturated rings. The third-order valence-corrected chi connectivity index (χ3v) is 3.05. The molecule has 1 aromatic heterocycles. The van der Waals surface area contributed by atoms with Gasteiger partial charge in [0.05, 0.1) is 10.9 Å². The quantitative estimate of drug-likeness (QED) is 0.690. The second-order valence-electron chi connectivity index (χ2n) is 4.63. The van der Waals surface area contributed by atoms with Gasteiger partial charge in [-0.05, 0) is 24.3 Å². The maximum atomic E-state index is 13.1. The number of hydrogen-bond donors (Lipinski definition) is 0. The van der Waals surface area contributed by atoms with Gasteiger partial charge in [-0.15, -0.1) is 5.10 Å². The molecule has 1 heterocycles. The van der Waals surface area contributed by atoms with E-state index in [4.69, 9.17) is 4.74 Å². The van der Waals surface area contributed by atoms with Gasteiger partial charge in [0.25, 0.3) is 5.56 Å². The number of esters is 1. The molecule has 0 atom stereocenters. The second kappa shape index (κ2) is 5.91. The number of rotatable bonds is 3. The van der Waals surface area contributed by atoms with Crippen molar-refractivity contribution < 1.29 is 18.3 Å². The summed E-state index contributed by atoms with van der Waals surface area (Å²) in [5, 5.41) is 7.77. The molecule has 23 heavy (non-hydrogen) atoms. The van der Waals surface area contributed by atoms with E-state index >= 15 is 0 Å². The Morgan fingerprint density at radius 2 is 1.83 bits per heavy atom. The molecule has 0 saturated heterocycles. The summed E-state index contributed by atoms with van der Waals surface area (Å²) in [6.45, 7) is -0.520. The Morgan fingerprint density at radius 3 is 2.57 bits per heavy atom. The van der Waals surface area contributed by atoms with E-state index in [1.807, 2.05) is 0 Å². The minimum absolute atomic E-state index is 0.302. The van der Waals surface area contributed by atoms with Crippen molar-refractivity contribution in [3.63, 3.8) is 0 Å². The molecule has 3 aromatic rings. The van der Waals surface area contributed by atoms with E-state index in [1.54, 1.807) is 24.3 Å². The number of carbonyl (C=O) groups excluding carboxylic acids is 1. The molecule has 6 nitrogen and oxygen atoms in total. The Kier molecular flexibility index (Phi) is 3.80. The predicted molar refractivity (Wildman–Crippen MR) is 75.6 cm³/mol. The van der Waals surface area contributed by atoms with Crippen LogP contribution in [0.25, 0.3) is 10.9 Å². The molecule has 0 aliphatic heterocycles. The molecule has 0 spiro atoms. The first-order valence-electron chi connectivity index (χ1n) is 6.50. The Hall–Kier alpha value is -3.16. The van der Waals surface area contributed by atoms with Crippen LogP contribution in [0.3, 0.4) is 0 Å². The molecule has 0 radical (unpaired) electrons. The van der Waals surface area contributed by atoms with Crippen molar-refractivity contribution in [2.45, 2.75) is 6.73 Å². The number of aromatic nitrogens is 3. The summed E-state index contributed by atoms with van der Waals surface area (Å²) in [5.41, 5.74) is -0.384. The van der Waals surface area contributed by atoms with Crippen LogP contribution >= 0.6 is 0 Å². The molecular weight excluding hydrogens is 308 g/mol. The van der Waals surface area contributed by atoms with E-state index in [-0.39, 0.29) is 5.56 Å². The van der Waals surface area contributed by atoms with Gasteiger partial charge in [-0.3, -0.25) is 4.79 Å². The largest absolute Gasteiger partial charge is 0.439 e. The van der Waals surface area contributed by atoms with Crippen molar-refractivity contribution in [1.82, 2.24) is 15.0 Å². The fraction of sp³-hybridized carbons (Fsp3) is 0.0667. The van der Waals surface area contributed by atoms with Crippen LogP contribution in [0.2, 0.25) is 0 Å². The maximum absolute atomic E-state index is 13.1. The monoisotopic (exact) mass is 317 g/mol. The first-order chi connectivity index (χ1) is 11.0. The van der Waals surface area contributed by atoms with Gasteiger partial charge in [-0.1, -0.05) is 17.3 Å². The molecule has 0 N–H and O–H groups in total. The van der Waals surface area contributed by atoms with Gasteiger partial charge in [0.15, 0.2) is 6.73 Å². The standard InChI is InChI=1S/C15H9F2N3O3/c16-10-5-9(6-11(17)7-10)15(22)23-8-20-14(21)12-3-1-2-4-13(12)18-19-20/h1-7H,8H2. The molecule has 0 aliphatic carbocycles. The molecule has 8 heteroatoms. The van der Waals surface area contributed by atoms with Gasteiger partial charge in [-0.2, -0.15) is 4.68 Å². The van der Waals surface area contributed by atoms with E-state index in [0.717, 1.165) is 16.8 Å². The average Bonchev–Trinajstić information content (AvgIpc) is 2.53. The molecule has 0 unspecified atom stereocenters. The molecule has 116 valence electrons.